The van der Waals surface area contributed by atoms with E-state index in [9.17, 15) is 9.59 Å². The lowest BCUT2D eigenvalue weighted by Crippen LogP contribution is -2.34. The molecule has 2 aromatic heterocycles. The second-order valence-electron chi connectivity index (χ2n) is 4.45. The lowest BCUT2D eigenvalue weighted by Gasteiger charge is -2.16. The quantitative estimate of drug-likeness (QED) is 0.826. The molecule has 0 N–H and O–H groups in total. The predicted octanol–water partition coefficient (Wildman–Crippen LogP) is 0.832. The third-order valence-corrected chi connectivity index (χ3v) is 3.07. The molecule has 0 aliphatic carbocycles. The van der Waals surface area contributed by atoms with Gasteiger partial charge in [0, 0.05) is 19.3 Å². The number of carbonyl (C=O) groups excluding carboxylic acids is 1. The van der Waals surface area contributed by atoms with Crippen LogP contribution in [0.25, 0.3) is 0 Å². The average Bonchev–Trinajstić information content (AvgIpc) is 2.91. The van der Waals surface area contributed by atoms with Crippen molar-refractivity contribution in [2.45, 2.75) is 26.9 Å². The first-order chi connectivity index (χ1) is 9.54. The van der Waals surface area contributed by atoms with Crippen LogP contribution in [-0.2, 0) is 13.1 Å². The fraction of sp³-hybridized carbons (Fsp3) is 0.385. The SMILES string of the molecule is CCn1c(C)ccc(C(=O)N(C)Cc2ncon2)c1=O. The molecule has 7 heteroatoms. The second-order valence-corrected chi connectivity index (χ2v) is 4.45. The summed E-state index contributed by atoms with van der Waals surface area (Å²) in [5.74, 6) is 0.0331. The third-order valence-electron chi connectivity index (χ3n) is 3.07. The molecule has 1 amide bonds. The van der Waals surface area contributed by atoms with Crippen molar-refractivity contribution in [3.05, 3.63) is 46.0 Å². The Morgan fingerprint density at radius 1 is 1.45 bits per heavy atom. The Kier molecular flexibility index (Phi) is 3.97. The number of carbonyl (C=O) groups is 1. The van der Waals surface area contributed by atoms with Crippen molar-refractivity contribution in [1.82, 2.24) is 19.6 Å². The molecular formula is C13H16N4O3. The van der Waals surface area contributed by atoms with Gasteiger partial charge in [-0.1, -0.05) is 5.16 Å². The van der Waals surface area contributed by atoms with Gasteiger partial charge in [0.25, 0.3) is 11.5 Å². The predicted molar refractivity (Wildman–Crippen MR) is 71.2 cm³/mol. The molecule has 0 aliphatic heterocycles. The summed E-state index contributed by atoms with van der Waals surface area (Å²) in [5.41, 5.74) is 0.691. The van der Waals surface area contributed by atoms with Gasteiger partial charge in [0.05, 0.1) is 6.54 Å². The number of pyridine rings is 1. The summed E-state index contributed by atoms with van der Waals surface area (Å²) >= 11 is 0. The van der Waals surface area contributed by atoms with Crippen molar-refractivity contribution in [2.24, 2.45) is 0 Å². The Hall–Kier alpha value is -2.44. The van der Waals surface area contributed by atoms with Crippen molar-refractivity contribution >= 4 is 5.91 Å². The number of nitrogens with zero attached hydrogens (tertiary/aromatic N) is 4. The van der Waals surface area contributed by atoms with Crippen molar-refractivity contribution < 1.29 is 9.32 Å². The van der Waals surface area contributed by atoms with Gasteiger partial charge in [0.15, 0.2) is 5.82 Å². The summed E-state index contributed by atoms with van der Waals surface area (Å²) in [6.45, 7) is 4.42. The molecule has 0 radical (unpaired) electrons. The zero-order valence-electron chi connectivity index (χ0n) is 11.7. The minimum absolute atomic E-state index is 0.142. The number of amides is 1. The Morgan fingerprint density at radius 2 is 2.20 bits per heavy atom. The molecule has 2 aromatic rings. The fourth-order valence-corrected chi connectivity index (χ4v) is 1.98. The van der Waals surface area contributed by atoms with E-state index in [2.05, 4.69) is 14.7 Å². The minimum atomic E-state index is -0.359. The number of hydrogen-bond acceptors (Lipinski definition) is 5. The number of hydrogen-bond donors (Lipinski definition) is 0. The topological polar surface area (TPSA) is 81.2 Å². The van der Waals surface area contributed by atoms with Crippen LogP contribution in [0.4, 0.5) is 0 Å². The van der Waals surface area contributed by atoms with Gasteiger partial charge in [-0.15, -0.1) is 0 Å². The van der Waals surface area contributed by atoms with Crippen LogP contribution in [0.15, 0.2) is 27.8 Å². The van der Waals surface area contributed by atoms with E-state index in [-0.39, 0.29) is 23.6 Å². The molecule has 0 fully saturated rings. The fourth-order valence-electron chi connectivity index (χ4n) is 1.98. The first-order valence-corrected chi connectivity index (χ1v) is 6.25. The Morgan fingerprint density at radius 3 is 2.80 bits per heavy atom. The minimum Gasteiger partial charge on any atom is -0.343 e. The first kappa shape index (κ1) is 14.0. The van der Waals surface area contributed by atoms with E-state index in [4.69, 9.17) is 0 Å². The zero-order valence-corrected chi connectivity index (χ0v) is 11.7. The monoisotopic (exact) mass is 276 g/mol. The van der Waals surface area contributed by atoms with Crippen LogP contribution < -0.4 is 5.56 Å². The van der Waals surface area contributed by atoms with Gasteiger partial charge in [-0.2, -0.15) is 4.98 Å². The Labute approximate surface area is 115 Å². The molecule has 2 rings (SSSR count). The standard InChI is InChI=1S/C13H16N4O3/c1-4-17-9(2)5-6-10(13(17)19)12(18)16(3)7-11-14-8-20-15-11/h5-6,8H,4,7H2,1-3H3. The molecule has 0 aromatic carbocycles. The maximum absolute atomic E-state index is 12.3. The molecule has 0 unspecified atom stereocenters. The average molecular weight is 276 g/mol. The number of aryl methyl sites for hydroxylation is 1. The Balaban J connectivity index is 2.27. The summed E-state index contributed by atoms with van der Waals surface area (Å²) in [5, 5.41) is 3.64. The molecule has 0 spiro atoms. The molecule has 0 atom stereocenters. The van der Waals surface area contributed by atoms with Crippen LogP contribution >= 0.6 is 0 Å². The summed E-state index contributed by atoms with van der Waals surface area (Å²) < 4.78 is 6.18. The van der Waals surface area contributed by atoms with Crippen LogP contribution in [-0.4, -0.2) is 32.6 Å². The van der Waals surface area contributed by atoms with Gasteiger partial charge >= 0.3 is 0 Å². The molecular weight excluding hydrogens is 260 g/mol. The number of rotatable bonds is 4. The van der Waals surface area contributed by atoms with E-state index in [1.54, 1.807) is 23.7 Å². The molecule has 20 heavy (non-hydrogen) atoms. The molecule has 0 bridgehead atoms. The van der Waals surface area contributed by atoms with Crippen molar-refractivity contribution in [3.63, 3.8) is 0 Å². The second kappa shape index (κ2) is 5.68. The van der Waals surface area contributed by atoms with E-state index >= 15 is 0 Å². The van der Waals surface area contributed by atoms with E-state index in [1.165, 1.54) is 11.3 Å². The van der Waals surface area contributed by atoms with Gasteiger partial charge in [-0.25, -0.2) is 0 Å². The third kappa shape index (κ3) is 2.61. The van der Waals surface area contributed by atoms with E-state index in [1.807, 2.05) is 13.8 Å². The van der Waals surface area contributed by atoms with Crippen LogP contribution in [0, 0.1) is 6.92 Å². The van der Waals surface area contributed by atoms with Gasteiger partial charge in [-0.05, 0) is 26.0 Å². The molecule has 0 saturated heterocycles. The van der Waals surface area contributed by atoms with Gasteiger partial charge in [0.2, 0.25) is 6.39 Å². The van der Waals surface area contributed by atoms with Crippen LogP contribution in [0.2, 0.25) is 0 Å². The highest BCUT2D eigenvalue weighted by molar-refractivity contribution is 5.93. The lowest BCUT2D eigenvalue weighted by atomic mass is 10.2. The van der Waals surface area contributed by atoms with Crippen molar-refractivity contribution in [1.29, 1.82) is 0 Å². The van der Waals surface area contributed by atoms with Crippen LogP contribution in [0.3, 0.4) is 0 Å². The maximum Gasteiger partial charge on any atom is 0.263 e. The molecule has 0 saturated carbocycles. The normalized spacial score (nSPS) is 10.6. The first-order valence-electron chi connectivity index (χ1n) is 6.25. The maximum atomic E-state index is 12.3. The Bertz CT molecular complexity index is 661. The molecule has 2 heterocycles. The summed E-state index contributed by atoms with van der Waals surface area (Å²) in [6, 6.07) is 3.32. The zero-order chi connectivity index (χ0) is 14.7. The van der Waals surface area contributed by atoms with E-state index < -0.39 is 0 Å². The summed E-state index contributed by atoms with van der Waals surface area (Å²) in [6.07, 6.45) is 1.20. The van der Waals surface area contributed by atoms with Gasteiger partial charge in [0.1, 0.15) is 5.56 Å². The number of aromatic nitrogens is 3. The molecule has 7 nitrogen and oxygen atoms in total. The van der Waals surface area contributed by atoms with Crippen molar-refractivity contribution in [2.75, 3.05) is 7.05 Å². The highest BCUT2D eigenvalue weighted by atomic mass is 16.5. The van der Waals surface area contributed by atoms with Crippen LogP contribution in [0.5, 0.6) is 0 Å². The highest BCUT2D eigenvalue weighted by Crippen LogP contribution is 2.04. The summed E-state index contributed by atoms with van der Waals surface area (Å²) in [4.78, 5) is 29.8. The van der Waals surface area contributed by atoms with Gasteiger partial charge < -0.3 is 14.0 Å². The smallest absolute Gasteiger partial charge is 0.263 e. The molecule has 0 aliphatic rings. The van der Waals surface area contributed by atoms with Crippen molar-refractivity contribution in [3.8, 4) is 0 Å². The summed E-state index contributed by atoms with van der Waals surface area (Å²) in [7, 11) is 1.59. The highest BCUT2D eigenvalue weighted by Gasteiger charge is 2.18. The van der Waals surface area contributed by atoms with E-state index in [0.717, 1.165) is 5.69 Å². The largest absolute Gasteiger partial charge is 0.343 e. The van der Waals surface area contributed by atoms with Gasteiger partial charge in [-0.3, -0.25) is 9.59 Å². The van der Waals surface area contributed by atoms with E-state index in [0.29, 0.717) is 12.4 Å². The van der Waals surface area contributed by atoms with Crippen LogP contribution in [0.1, 0.15) is 28.8 Å². The molecule has 106 valence electrons. The lowest BCUT2D eigenvalue weighted by molar-refractivity contribution is 0.0778.